The summed E-state index contributed by atoms with van der Waals surface area (Å²) in [5.41, 5.74) is 4.96. The molecule has 1 fully saturated rings. The maximum Gasteiger partial charge on any atom is 0.218 e. The first-order valence-electron chi connectivity index (χ1n) is 6.49. The number of likely N-dealkylation sites (tertiary alicyclic amines) is 1. The van der Waals surface area contributed by atoms with Crippen molar-refractivity contribution in [2.24, 2.45) is 17.6 Å². The lowest BCUT2D eigenvalue weighted by Gasteiger charge is -2.34. The second kappa shape index (κ2) is 6.52. The number of carbonyl (C=O) groups is 1. The summed E-state index contributed by atoms with van der Waals surface area (Å²) >= 11 is 0. The van der Waals surface area contributed by atoms with Crippen LogP contribution in [0.15, 0.2) is 0 Å². The molecule has 106 valence electrons. The van der Waals surface area contributed by atoms with Crippen molar-refractivity contribution in [2.75, 3.05) is 31.1 Å². The zero-order chi connectivity index (χ0) is 13.8. The largest absolute Gasteiger partial charge is 0.370 e. The third-order valence-corrected chi connectivity index (χ3v) is 4.95. The Kier molecular flexibility index (Phi) is 5.59. The highest BCUT2D eigenvalue weighted by molar-refractivity contribution is 7.91. The van der Waals surface area contributed by atoms with Crippen LogP contribution in [0, 0.1) is 11.8 Å². The van der Waals surface area contributed by atoms with E-state index in [4.69, 9.17) is 5.73 Å². The van der Waals surface area contributed by atoms with Gasteiger partial charge in [-0.2, -0.15) is 0 Å². The molecule has 2 atom stereocenters. The second-order valence-corrected chi connectivity index (χ2v) is 7.88. The van der Waals surface area contributed by atoms with Crippen molar-refractivity contribution in [2.45, 2.75) is 26.7 Å². The third kappa shape index (κ3) is 5.82. The van der Waals surface area contributed by atoms with Gasteiger partial charge in [0.25, 0.3) is 0 Å². The van der Waals surface area contributed by atoms with Crippen molar-refractivity contribution >= 4 is 15.7 Å². The van der Waals surface area contributed by atoms with Gasteiger partial charge in [0.15, 0.2) is 9.84 Å². The fourth-order valence-corrected chi connectivity index (χ4v) is 3.85. The molecule has 0 saturated carbocycles. The van der Waals surface area contributed by atoms with Crippen LogP contribution in [0.25, 0.3) is 0 Å². The minimum atomic E-state index is -3.15. The lowest BCUT2D eigenvalue weighted by atomic mass is 9.92. The van der Waals surface area contributed by atoms with Gasteiger partial charge in [0.1, 0.15) is 0 Å². The zero-order valence-electron chi connectivity index (χ0n) is 11.3. The summed E-state index contributed by atoms with van der Waals surface area (Å²) in [4.78, 5) is 12.8. The van der Waals surface area contributed by atoms with Crippen LogP contribution in [0.4, 0.5) is 0 Å². The normalized spacial score (nSPS) is 26.1. The molecule has 1 aliphatic heterocycles. The zero-order valence-corrected chi connectivity index (χ0v) is 12.1. The minimum absolute atomic E-state index is 0.0743. The van der Waals surface area contributed by atoms with Crippen LogP contribution >= 0.6 is 0 Å². The number of rotatable bonds is 6. The molecule has 5 nitrogen and oxygen atoms in total. The number of nitrogens with zero attached hydrogens (tertiary/aromatic N) is 1. The molecule has 0 aliphatic carbocycles. The molecular formula is C12H24N2O3S. The standard InChI is InChI=1S/C12H24N2O3S/c1-10-7-11(2)9-14(8-10)4-6-18(16,17)5-3-12(13)15/h10-11H,3-9H2,1-2H3,(H2,13,15)/t10-,11-/m0/s1. The summed E-state index contributed by atoms with van der Waals surface area (Å²) in [5.74, 6) is 0.698. The molecule has 0 aromatic rings. The number of primary amides is 1. The van der Waals surface area contributed by atoms with Crippen molar-refractivity contribution < 1.29 is 13.2 Å². The number of hydrogen-bond acceptors (Lipinski definition) is 4. The number of sulfone groups is 1. The fraction of sp³-hybridized carbons (Fsp3) is 0.917. The Labute approximate surface area is 110 Å². The predicted molar refractivity (Wildman–Crippen MR) is 71.9 cm³/mol. The first-order chi connectivity index (χ1) is 8.28. The predicted octanol–water partition coefficient (Wildman–Crippen LogP) is 0.255. The summed E-state index contributed by atoms with van der Waals surface area (Å²) in [6.45, 7) is 6.90. The van der Waals surface area contributed by atoms with E-state index in [1.807, 2.05) is 0 Å². The Morgan fingerprint density at radius 2 is 1.78 bits per heavy atom. The van der Waals surface area contributed by atoms with Crippen LogP contribution in [0.3, 0.4) is 0 Å². The molecule has 0 aromatic heterocycles. The Morgan fingerprint density at radius 3 is 2.28 bits per heavy atom. The molecule has 1 aliphatic rings. The Bertz CT molecular complexity index is 371. The summed E-state index contributed by atoms with van der Waals surface area (Å²) in [7, 11) is -3.15. The van der Waals surface area contributed by atoms with Gasteiger partial charge in [0.05, 0.1) is 11.5 Å². The van der Waals surface area contributed by atoms with Crippen molar-refractivity contribution in [3.8, 4) is 0 Å². The van der Waals surface area contributed by atoms with Gasteiger partial charge in [-0.25, -0.2) is 8.42 Å². The lowest BCUT2D eigenvalue weighted by molar-refractivity contribution is -0.117. The molecule has 1 saturated heterocycles. The van der Waals surface area contributed by atoms with Gasteiger partial charge in [-0.05, 0) is 18.3 Å². The number of nitrogens with two attached hydrogens (primary N) is 1. The van der Waals surface area contributed by atoms with E-state index < -0.39 is 15.7 Å². The first kappa shape index (κ1) is 15.4. The number of amides is 1. The highest BCUT2D eigenvalue weighted by Crippen LogP contribution is 2.20. The molecule has 1 amide bonds. The van der Waals surface area contributed by atoms with E-state index in [0.717, 1.165) is 13.1 Å². The van der Waals surface area contributed by atoms with Crippen LogP contribution < -0.4 is 5.73 Å². The minimum Gasteiger partial charge on any atom is -0.370 e. The quantitative estimate of drug-likeness (QED) is 0.754. The smallest absolute Gasteiger partial charge is 0.218 e. The molecule has 0 aromatic carbocycles. The van der Waals surface area contributed by atoms with Gasteiger partial charge < -0.3 is 10.6 Å². The van der Waals surface area contributed by atoms with Gasteiger partial charge in [-0.15, -0.1) is 0 Å². The van der Waals surface area contributed by atoms with E-state index in [-0.39, 0.29) is 17.9 Å². The maximum absolute atomic E-state index is 11.7. The van der Waals surface area contributed by atoms with Crippen LogP contribution in [-0.2, 0) is 14.6 Å². The molecule has 18 heavy (non-hydrogen) atoms. The average molecular weight is 276 g/mol. The summed E-state index contributed by atoms with van der Waals surface area (Å²) in [6.07, 6.45) is 1.14. The summed E-state index contributed by atoms with van der Waals surface area (Å²) in [5, 5.41) is 0. The molecular weight excluding hydrogens is 252 g/mol. The topological polar surface area (TPSA) is 80.5 Å². The van der Waals surface area contributed by atoms with E-state index in [1.54, 1.807) is 0 Å². The summed E-state index contributed by atoms with van der Waals surface area (Å²) < 4.78 is 23.4. The summed E-state index contributed by atoms with van der Waals surface area (Å²) in [6, 6.07) is 0. The van der Waals surface area contributed by atoms with Gasteiger partial charge in [-0.1, -0.05) is 13.8 Å². The second-order valence-electron chi connectivity index (χ2n) is 5.57. The van der Waals surface area contributed by atoms with Crippen molar-refractivity contribution in [3.63, 3.8) is 0 Å². The molecule has 1 heterocycles. The molecule has 1 rings (SSSR count). The van der Waals surface area contributed by atoms with E-state index >= 15 is 0 Å². The Morgan fingerprint density at radius 1 is 1.22 bits per heavy atom. The monoisotopic (exact) mass is 276 g/mol. The van der Waals surface area contributed by atoms with Gasteiger partial charge in [0.2, 0.25) is 5.91 Å². The number of carbonyl (C=O) groups excluding carboxylic acids is 1. The van der Waals surface area contributed by atoms with E-state index in [2.05, 4.69) is 18.7 Å². The maximum atomic E-state index is 11.7. The lowest BCUT2D eigenvalue weighted by Crippen LogP contribution is -2.41. The molecule has 0 unspecified atom stereocenters. The molecule has 0 radical (unpaired) electrons. The average Bonchev–Trinajstić information content (AvgIpc) is 2.23. The van der Waals surface area contributed by atoms with Gasteiger partial charge in [0, 0.05) is 26.1 Å². The highest BCUT2D eigenvalue weighted by atomic mass is 32.2. The van der Waals surface area contributed by atoms with Crippen molar-refractivity contribution in [1.29, 1.82) is 0 Å². The molecule has 6 heteroatoms. The molecule has 2 N–H and O–H groups in total. The van der Waals surface area contributed by atoms with Gasteiger partial charge in [-0.3, -0.25) is 4.79 Å². The molecule has 0 bridgehead atoms. The number of hydrogen-bond donors (Lipinski definition) is 1. The number of piperidine rings is 1. The highest BCUT2D eigenvalue weighted by Gasteiger charge is 2.23. The van der Waals surface area contributed by atoms with Crippen molar-refractivity contribution in [1.82, 2.24) is 4.90 Å². The van der Waals surface area contributed by atoms with Crippen LogP contribution in [0.2, 0.25) is 0 Å². The van der Waals surface area contributed by atoms with E-state index in [1.165, 1.54) is 6.42 Å². The van der Waals surface area contributed by atoms with Crippen LogP contribution in [0.5, 0.6) is 0 Å². The van der Waals surface area contributed by atoms with Crippen LogP contribution in [0.1, 0.15) is 26.7 Å². The van der Waals surface area contributed by atoms with E-state index in [9.17, 15) is 13.2 Å². The van der Waals surface area contributed by atoms with Gasteiger partial charge >= 0.3 is 0 Å². The Hall–Kier alpha value is -0.620. The van der Waals surface area contributed by atoms with E-state index in [0.29, 0.717) is 18.4 Å². The van der Waals surface area contributed by atoms with Crippen molar-refractivity contribution in [3.05, 3.63) is 0 Å². The third-order valence-electron chi connectivity index (χ3n) is 3.32. The van der Waals surface area contributed by atoms with Crippen LogP contribution in [-0.4, -0.2) is 50.4 Å². The molecule has 0 spiro atoms. The Balaban J connectivity index is 2.37. The SMILES string of the molecule is C[C@H]1C[C@H](C)CN(CCS(=O)(=O)CCC(N)=O)C1. The first-order valence-corrected chi connectivity index (χ1v) is 8.31. The fourth-order valence-electron chi connectivity index (χ4n) is 2.60.